The second-order valence-electron chi connectivity index (χ2n) is 14.1. The Balaban J connectivity index is 4.25. The molecule has 0 heterocycles. The predicted octanol–water partition coefficient (Wildman–Crippen LogP) is 11.0. The Kier molecular flexibility index (Phi) is 36.1. The van der Waals surface area contributed by atoms with Gasteiger partial charge in [0.1, 0.15) is 12.1 Å². The average molecular weight is 748 g/mol. The van der Waals surface area contributed by atoms with Gasteiger partial charge in [0.05, 0.1) is 19.8 Å². The Hall–Kier alpha value is -1.29. The summed E-state index contributed by atoms with van der Waals surface area (Å²) in [5.74, 6) is -1.77. The van der Waals surface area contributed by atoms with Crippen LogP contribution in [0, 0.1) is 0 Å². The summed E-state index contributed by atoms with van der Waals surface area (Å²) in [6.45, 7) is 3.88. The number of carbonyl (C=O) groups excluding carboxylic acids is 1. The quantitative estimate of drug-likeness (QED) is 0.0239. The van der Waals surface area contributed by atoms with E-state index in [-0.39, 0.29) is 13.0 Å². The number of nitrogens with two attached hydrogens (primary N) is 1. The molecule has 0 saturated heterocycles. The van der Waals surface area contributed by atoms with Gasteiger partial charge in [0.25, 0.3) is 0 Å². The molecule has 51 heavy (non-hydrogen) atoms. The van der Waals surface area contributed by atoms with E-state index in [9.17, 15) is 19.0 Å². The van der Waals surface area contributed by atoms with Crippen molar-refractivity contribution in [2.45, 2.75) is 206 Å². The number of hydrogen-bond acceptors (Lipinski definition) is 8. The zero-order chi connectivity index (χ0) is 37.7. The van der Waals surface area contributed by atoms with Gasteiger partial charge in [-0.2, -0.15) is 0 Å². The highest BCUT2D eigenvalue weighted by atomic mass is 31.2. The molecule has 3 unspecified atom stereocenters. The third-order valence-electron chi connectivity index (χ3n) is 9.04. The summed E-state index contributed by atoms with van der Waals surface area (Å²) < 4.78 is 33.3. The maximum Gasteiger partial charge on any atom is 0.472 e. The van der Waals surface area contributed by atoms with Crippen molar-refractivity contribution in [1.29, 1.82) is 0 Å². The molecule has 0 bridgehead atoms. The lowest BCUT2D eigenvalue weighted by Gasteiger charge is -2.20. The molecule has 302 valence electrons. The Labute approximate surface area is 312 Å². The summed E-state index contributed by atoms with van der Waals surface area (Å²) in [7, 11) is -4.61. The number of phosphoric ester groups is 1. The van der Waals surface area contributed by atoms with Crippen LogP contribution < -0.4 is 5.73 Å². The van der Waals surface area contributed by atoms with Crippen LogP contribution in [0.4, 0.5) is 0 Å². The number of esters is 1. The number of carboxylic acids is 1. The van der Waals surface area contributed by atoms with Gasteiger partial charge in [-0.15, -0.1) is 0 Å². The standard InChI is InChI=1S/C40H78NO9P/c1-3-5-7-9-11-13-15-17-19-21-23-25-27-29-31-33-47-34-37(35-48-51(45,46)49-36-38(41)40(43)44)50-39(42)32-30-28-26-24-22-20-18-16-14-12-10-8-6-4-2/h15,17,37-38H,3-14,16,18-36,41H2,1-2H3,(H,43,44)(H,45,46)/b17-15-. The molecule has 0 fully saturated rings. The monoisotopic (exact) mass is 748 g/mol. The predicted molar refractivity (Wildman–Crippen MR) is 208 cm³/mol. The number of aliphatic carboxylic acids is 1. The molecule has 0 aromatic heterocycles. The van der Waals surface area contributed by atoms with Gasteiger partial charge in [-0.1, -0.05) is 161 Å². The van der Waals surface area contributed by atoms with Gasteiger partial charge in [0.15, 0.2) is 0 Å². The molecule has 0 amide bonds. The zero-order valence-corrected chi connectivity index (χ0v) is 33.6. The van der Waals surface area contributed by atoms with E-state index in [1.165, 1.54) is 128 Å². The first-order chi connectivity index (χ1) is 24.7. The van der Waals surface area contributed by atoms with Crippen molar-refractivity contribution in [2.75, 3.05) is 26.4 Å². The summed E-state index contributed by atoms with van der Waals surface area (Å²) in [5, 5.41) is 8.88. The molecule has 3 atom stereocenters. The second-order valence-corrected chi connectivity index (χ2v) is 15.6. The second kappa shape index (κ2) is 37.0. The Morgan fingerprint density at radius 1 is 0.608 bits per heavy atom. The van der Waals surface area contributed by atoms with Crippen LogP contribution in [0.15, 0.2) is 12.2 Å². The van der Waals surface area contributed by atoms with Crippen molar-refractivity contribution in [3.8, 4) is 0 Å². The maximum absolute atomic E-state index is 12.6. The lowest BCUT2D eigenvalue weighted by molar-refractivity contribution is -0.154. The van der Waals surface area contributed by atoms with Crippen LogP contribution in [0.2, 0.25) is 0 Å². The molecule has 0 aliphatic rings. The first kappa shape index (κ1) is 49.7. The van der Waals surface area contributed by atoms with Crippen LogP contribution in [0.5, 0.6) is 0 Å². The van der Waals surface area contributed by atoms with E-state index in [2.05, 4.69) is 26.0 Å². The number of unbranched alkanes of at least 4 members (excludes halogenated alkanes) is 24. The molecular weight excluding hydrogens is 669 g/mol. The highest BCUT2D eigenvalue weighted by molar-refractivity contribution is 7.47. The van der Waals surface area contributed by atoms with Gasteiger partial charge < -0.3 is 25.2 Å². The first-order valence-electron chi connectivity index (χ1n) is 20.7. The van der Waals surface area contributed by atoms with E-state index in [1.54, 1.807) is 0 Å². The Morgan fingerprint density at radius 3 is 1.49 bits per heavy atom. The summed E-state index contributed by atoms with van der Waals surface area (Å²) in [6.07, 6.45) is 36.8. The number of carboxylic acid groups (broad SMARTS) is 1. The topological polar surface area (TPSA) is 155 Å². The molecule has 10 nitrogen and oxygen atoms in total. The molecule has 0 aliphatic carbocycles. The minimum absolute atomic E-state index is 0.0179. The summed E-state index contributed by atoms with van der Waals surface area (Å²) in [6, 6.07) is -1.47. The van der Waals surface area contributed by atoms with Crippen LogP contribution in [-0.2, 0) is 32.7 Å². The molecule has 0 spiro atoms. The van der Waals surface area contributed by atoms with Crippen LogP contribution in [0.3, 0.4) is 0 Å². The van der Waals surface area contributed by atoms with Crippen LogP contribution in [-0.4, -0.2) is 60.5 Å². The van der Waals surface area contributed by atoms with Crippen LogP contribution in [0.1, 0.15) is 194 Å². The van der Waals surface area contributed by atoms with Gasteiger partial charge in [0.2, 0.25) is 0 Å². The lowest BCUT2D eigenvalue weighted by Crippen LogP contribution is -2.34. The maximum atomic E-state index is 12.6. The normalized spacial score (nSPS) is 14.1. The van der Waals surface area contributed by atoms with Crippen molar-refractivity contribution in [3.05, 3.63) is 12.2 Å². The molecule has 11 heteroatoms. The van der Waals surface area contributed by atoms with Crippen LogP contribution >= 0.6 is 7.82 Å². The van der Waals surface area contributed by atoms with E-state index >= 15 is 0 Å². The number of carbonyl (C=O) groups is 2. The van der Waals surface area contributed by atoms with E-state index < -0.39 is 45.1 Å². The molecular formula is C40H78NO9P. The minimum atomic E-state index is -4.61. The molecule has 0 aromatic carbocycles. The molecule has 0 radical (unpaired) electrons. The highest BCUT2D eigenvalue weighted by Gasteiger charge is 2.27. The molecule has 4 N–H and O–H groups in total. The summed E-state index contributed by atoms with van der Waals surface area (Å²) in [5.41, 5.74) is 5.35. The van der Waals surface area contributed by atoms with E-state index in [1.807, 2.05) is 0 Å². The number of phosphoric acid groups is 1. The lowest BCUT2D eigenvalue weighted by atomic mass is 10.0. The van der Waals surface area contributed by atoms with E-state index in [4.69, 9.17) is 29.4 Å². The van der Waals surface area contributed by atoms with Crippen molar-refractivity contribution in [1.82, 2.24) is 0 Å². The fourth-order valence-corrected chi connectivity index (χ4v) is 6.55. The summed E-state index contributed by atoms with van der Waals surface area (Å²) >= 11 is 0. The minimum Gasteiger partial charge on any atom is -0.480 e. The van der Waals surface area contributed by atoms with Gasteiger partial charge in [-0.25, -0.2) is 4.57 Å². The van der Waals surface area contributed by atoms with Gasteiger partial charge >= 0.3 is 19.8 Å². The average Bonchev–Trinajstić information content (AvgIpc) is 3.10. The van der Waals surface area contributed by atoms with Crippen molar-refractivity contribution >= 4 is 19.8 Å². The smallest absolute Gasteiger partial charge is 0.472 e. The van der Waals surface area contributed by atoms with Gasteiger partial charge in [0, 0.05) is 13.0 Å². The van der Waals surface area contributed by atoms with E-state index in [0.29, 0.717) is 6.61 Å². The van der Waals surface area contributed by atoms with Crippen molar-refractivity contribution < 1.29 is 42.7 Å². The number of allylic oxidation sites excluding steroid dienone is 2. The zero-order valence-electron chi connectivity index (χ0n) is 32.7. The molecule has 0 saturated carbocycles. The fourth-order valence-electron chi connectivity index (χ4n) is 5.77. The van der Waals surface area contributed by atoms with Crippen molar-refractivity contribution in [3.63, 3.8) is 0 Å². The van der Waals surface area contributed by atoms with Crippen LogP contribution in [0.25, 0.3) is 0 Å². The largest absolute Gasteiger partial charge is 0.480 e. The third-order valence-corrected chi connectivity index (χ3v) is 10.00. The SMILES string of the molecule is CCCCCCC/C=C\CCCCCCCCOCC(COP(=O)(O)OCC(N)C(=O)O)OC(=O)CCCCCCCCCCCCCCCC. The van der Waals surface area contributed by atoms with Crippen molar-refractivity contribution in [2.24, 2.45) is 5.73 Å². The number of ether oxygens (including phenoxy) is 2. The number of rotatable bonds is 40. The van der Waals surface area contributed by atoms with Gasteiger partial charge in [-0.05, 0) is 38.5 Å². The third kappa shape index (κ3) is 36.8. The van der Waals surface area contributed by atoms with E-state index in [0.717, 1.165) is 44.9 Å². The summed E-state index contributed by atoms with van der Waals surface area (Å²) in [4.78, 5) is 33.4. The molecule has 0 rings (SSSR count). The number of hydrogen-bond donors (Lipinski definition) is 3. The highest BCUT2D eigenvalue weighted by Crippen LogP contribution is 2.43. The fraction of sp³-hybridized carbons (Fsp3) is 0.900. The Bertz CT molecular complexity index is 873. The Morgan fingerprint density at radius 2 is 1.02 bits per heavy atom. The molecule has 0 aromatic rings. The van der Waals surface area contributed by atoms with Gasteiger partial charge in [-0.3, -0.25) is 18.6 Å². The first-order valence-corrected chi connectivity index (χ1v) is 22.2. The molecule has 0 aliphatic heterocycles.